The van der Waals surface area contributed by atoms with E-state index in [9.17, 15) is 9.90 Å². The molecule has 33 rings (SSSR count). The molecule has 28 aromatic rings. The molecule has 0 fully saturated rings. The Morgan fingerprint density at radius 1 is 0.329 bits per heavy atom. The number of benzene rings is 18. The first-order valence-electron chi connectivity index (χ1n) is 27.2. The van der Waals surface area contributed by atoms with E-state index in [1.165, 1.54) is 38.4 Å². The molecule has 0 atom stereocenters. The highest BCUT2D eigenvalue weighted by atomic mass is 16.7. The minimum Gasteiger partial charge on any atom is -0.480 e. The van der Waals surface area contributed by atoms with Crippen LogP contribution in [0.5, 0.6) is 0 Å². The van der Waals surface area contributed by atoms with Crippen molar-refractivity contribution in [2.75, 3.05) is 13.1 Å². The lowest BCUT2D eigenvalue weighted by Gasteiger charge is -2.47. The Morgan fingerprint density at radius 3 is 0.808 bits per heavy atom. The maximum atomic E-state index is 11.5. The van der Waals surface area contributed by atoms with Crippen molar-refractivity contribution in [1.82, 2.24) is 5.32 Å². The van der Waals surface area contributed by atoms with Gasteiger partial charge in [0.1, 0.15) is 5.41 Å². The second-order valence-corrected chi connectivity index (χ2v) is 26.2. The lowest BCUT2D eigenvalue weighted by molar-refractivity contribution is -0.135. The molecule has 4 aliphatic carbocycles. The summed E-state index contributed by atoms with van der Waals surface area (Å²) in [6.45, 7) is 0.714. The van der Waals surface area contributed by atoms with Gasteiger partial charge in [0.05, 0.1) is 12.3 Å². The monoisotopic (exact) mass is 906 g/mol. The molecular formula is C68H14N2O3. The van der Waals surface area contributed by atoms with Crippen LogP contribution in [0.1, 0.15) is 47.9 Å². The zero-order valence-electron chi connectivity index (χ0n) is 37.5. The number of carbonyl (C=O) groups is 1. The third-order valence-corrected chi connectivity index (χ3v) is 25.5. The average Bonchev–Trinajstić information content (AvgIpc) is 4.30. The summed E-state index contributed by atoms with van der Waals surface area (Å²) in [5.74, 6) is -0.794. The lowest BCUT2D eigenvalue weighted by atomic mass is 9.52. The quantitative estimate of drug-likeness (QED) is 0.118. The molecule has 5 nitrogen and oxygen atoms in total. The number of hydrogen-bond donors (Lipinski definition) is 2. The Labute approximate surface area is 397 Å². The number of nitrogens with zero attached hydrogens (tertiary/aromatic N) is 1. The summed E-state index contributed by atoms with van der Waals surface area (Å²) in [4.78, 5) is 19.6. The molecule has 0 aromatic heterocycles. The second-order valence-electron chi connectivity index (χ2n) is 26.2. The molecule has 0 saturated carbocycles. The minimum absolute atomic E-state index is 0.00760. The number of carboxylic acids is 1. The van der Waals surface area contributed by atoms with Crippen LogP contribution in [-0.2, 0) is 20.6 Å². The molecule has 314 valence electrons. The zero-order valence-corrected chi connectivity index (χ0v) is 37.5. The predicted molar refractivity (Wildman–Crippen MR) is 301 cm³/mol. The highest BCUT2D eigenvalue weighted by Crippen LogP contribution is 2.85. The summed E-state index contributed by atoms with van der Waals surface area (Å²) in [5.41, 5.74) is 5.93. The number of nitrogens with one attached hydrogen (secondary N) is 1. The fourth-order valence-corrected chi connectivity index (χ4v) is 25.2. The van der Waals surface area contributed by atoms with Gasteiger partial charge in [0, 0.05) is 11.1 Å². The highest BCUT2D eigenvalue weighted by molar-refractivity contribution is 6.82. The van der Waals surface area contributed by atoms with Crippen molar-refractivity contribution < 1.29 is 14.7 Å². The lowest BCUT2D eigenvalue weighted by Crippen LogP contribution is -2.53. The van der Waals surface area contributed by atoms with Crippen LogP contribution in [0, 0.1) is 0 Å². The van der Waals surface area contributed by atoms with Crippen LogP contribution >= 0.6 is 0 Å². The van der Waals surface area contributed by atoms with Crippen molar-refractivity contribution in [2.45, 2.75) is 36.7 Å². The highest BCUT2D eigenvalue weighted by Gasteiger charge is 2.76. The normalized spacial score (nSPS) is 21.9. The molecular weight excluding hydrogens is 893 g/mol. The zero-order chi connectivity index (χ0) is 44.0. The average molecular weight is 907 g/mol. The van der Waals surface area contributed by atoms with Crippen LogP contribution in [0.2, 0.25) is 0 Å². The van der Waals surface area contributed by atoms with Gasteiger partial charge in [0.25, 0.3) is 0 Å². The van der Waals surface area contributed by atoms with E-state index < -0.39 is 17.0 Å². The first-order valence-corrected chi connectivity index (χ1v) is 27.2. The maximum absolute atomic E-state index is 11.5. The van der Waals surface area contributed by atoms with Crippen molar-refractivity contribution >= 4 is 303 Å². The molecule has 1 heterocycles. The molecule has 0 bridgehead atoms. The summed E-state index contributed by atoms with van der Waals surface area (Å²) >= 11 is 0. The fourth-order valence-electron chi connectivity index (χ4n) is 25.2. The predicted octanol–water partition coefficient (Wildman–Crippen LogP) is 16.9. The first kappa shape index (κ1) is 28.4. The van der Waals surface area contributed by atoms with E-state index in [4.69, 9.17) is 9.99 Å². The molecule has 5 aliphatic rings. The fraction of sp³-hybridized carbons (Fsp3) is 0.118. The van der Waals surface area contributed by atoms with Crippen molar-refractivity contribution in [3.63, 3.8) is 0 Å². The maximum Gasteiger partial charge on any atom is 0.317 e. The Morgan fingerprint density at radius 2 is 0.562 bits per heavy atom. The van der Waals surface area contributed by atoms with Gasteiger partial charge in [-0.25, -0.2) is 0 Å². The van der Waals surface area contributed by atoms with Crippen molar-refractivity contribution in [3.8, 4) is 0 Å². The minimum atomic E-state index is -0.823. The van der Waals surface area contributed by atoms with E-state index in [1.54, 1.807) is 280 Å². The van der Waals surface area contributed by atoms with Gasteiger partial charge >= 0.3 is 5.97 Å². The van der Waals surface area contributed by atoms with Crippen LogP contribution < -0.4 is 5.32 Å². The van der Waals surface area contributed by atoms with Gasteiger partial charge in [-0.2, -0.15) is 0 Å². The van der Waals surface area contributed by atoms with E-state index in [0.717, 1.165) is 25.7 Å². The van der Waals surface area contributed by atoms with Crippen LogP contribution in [0.25, 0.3) is 291 Å². The van der Waals surface area contributed by atoms with Gasteiger partial charge in [-0.1, -0.05) is 11.6 Å². The molecule has 73 heavy (non-hydrogen) atoms. The topological polar surface area (TPSA) is 70.9 Å². The molecule has 5 heteroatoms. The number of aliphatic carboxylic acids is 1. The van der Waals surface area contributed by atoms with E-state index in [0.29, 0.717) is 6.54 Å². The van der Waals surface area contributed by atoms with Gasteiger partial charge < -0.3 is 15.3 Å². The number of oxime groups is 1. The third-order valence-electron chi connectivity index (χ3n) is 25.5. The van der Waals surface area contributed by atoms with Crippen LogP contribution in [0.15, 0.2) is 5.16 Å². The number of hydrogen-bond acceptors (Lipinski definition) is 4. The van der Waals surface area contributed by atoms with Crippen LogP contribution in [-0.4, -0.2) is 29.9 Å². The van der Waals surface area contributed by atoms with E-state index in [2.05, 4.69) is 5.32 Å². The second kappa shape index (κ2) is 6.66. The third kappa shape index (κ3) is 1.60. The van der Waals surface area contributed by atoms with Gasteiger partial charge in [-0.3, -0.25) is 4.79 Å². The summed E-state index contributed by atoms with van der Waals surface area (Å²) in [7, 11) is 0. The molecule has 2 spiro atoms. The largest absolute Gasteiger partial charge is 0.480 e. The molecule has 28 aromatic carbocycles. The molecule has 0 unspecified atom stereocenters. The van der Waals surface area contributed by atoms with Crippen LogP contribution in [0.4, 0.5) is 0 Å². The van der Waals surface area contributed by atoms with Gasteiger partial charge in [0.15, 0.2) is 0 Å². The van der Waals surface area contributed by atoms with E-state index in [1.807, 2.05) is 0 Å². The van der Waals surface area contributed by atoms with Gasteiger partial charge in [-0.05, 0) is 328 Å². The van der Waals surface area contributed by atoms with E-state index in [-0.39, 0.29) is 6.54 Å². The molecule has 1 aliphatic heterocycles. The standard InChI is InChI=1S/C68H14N2O3/c71-8(72)6-69-5-3-1-2-4-7-67-63-55-47-37-27-19-11-9-10-13-17-15(11)23-31-25(17)35-29-21(13)22-14(10)18-16-12(9)20(19)28-34-24(16)32-26(18)36-30(22)40-39(29)51-45(35)53-43(31)49(41(47)33(23)27)57(63)59(53)65-61(51)62-52(40)46(36)54-44(32)50-42(34)48(38(28)37)56(55)64(67)58(50)60(54)66(62)68(65,67)73-70-7/h69H,1-6H2,(H,71,72). The molecule has 0 amide bonds. The summed E-state index contributed by atoms with van der Waals surface area (Å²) in [6.07, 6.45) is 3.79. The van der Waals surface area contributed by atoms with Crippen LogP contribution in [0.3, 0.4) is 0 Å². The van der Waals surface area contributed by atoms with Crippen molar-refractivity contribution in [2.24, 2.45) is 5.16 Å². The number of rotatable bonds is 8. The summed E-state index contributed by atoms with van der Waals surface area (Å²) in [6, 6.07) is 0. The number of carboxylic acid groups (broad SMARTS) is 1. The van der Waals surface area contributed by atoms with E-state index >= 15 is 0 Å². The molecule has 0 radical (unpaired) electrons. The molecule has 0 saturated heterocycles. The Balaban J connectivity index is 1.04. The van der Waals surface area contributed by atoms with Crippen molar-refractivity contribution in [3.05, 3.63) is 22.3 Å². The summed E-state index contributed by atoms with van der Waals surface area (Å²) in [5, 5.41) is 104. The Bertz CT molecular complexity index is 7130. The summed E-state index contributed by atoms with van der Waals surface area (Å²) < 4.78 is 0. The smallest absolute Gasteiger partial charge is 0.317 e. The van der Waals surface area contributed by atoms with Crippen molar-refractivity contribution in [1.29, 1.82) is 0 Å². The van der Waals surface area contributed by atoms with Gasteiger partial charge in [-0.15, -0.1) is 0 Å². The first-order chi connectivity index (χ1) is 36.3. The molecule has 2 N–H and O–H groups in total. The van der Waals surface area contributed by atoms with Gasteiger partial charge in [0.2, 0.25) is 5.60 Å². The number of unbranched alkanes of at least 4 members (excludes halogenated alkanes) is 2. The Hall–Kier alpha value is -8.64. The Kier molecular flexibility index (Phi) is 2.59. The SMILES string of the molecule is O=C(O)CNCCCCCC1=NOC23c4c5c6c7c8c9c(c%10c%11c2c2c4c4c%12c5c5c6c6c8c8c%13c9c9c%10c%10c%11c%11c2c2c4c4c%12c%12c5c5c6c8c6c8c%13c9c9c%10c%10c%11c2c2c4c4c%12c5c6c5c8c9c%10c2c45)C173.